The highest BCUT2D eigenvalue weighted by Gasteiger charge is 2.11. The number of nitrogens with two attached hydrogens (primary N) is 2. The zero-order chi connectivity index (χ0) is 20.8. The minimum Gasteiger partial charge on any atom is -0.497 e. The van der Waals surface area contributed by atoms with E-state index in [0.717, 1.165) is 40.8 Å². The fourth-order valence-electron chi connectivity index (χ4n) is 2.91. The summed E-state index contributed by atoms with van der Waals surface area (Å²) in [6.07, 6.45) is 1.64. The number of amides is 1. The minimum absolute atomic E-state index is 0.0848. The van der Waals surface area contributed by atoms with E-state index in [0.29, 0.717) is 11.4 Å². The van der Waals surface area contributed by atoms with Gasteiger partial charge < -0.3 is 26.5 Å². The molecule has 8 nitrogen and oxygen atoms in total. The molecule has 1 amide bonds. The molecule has 0 fully saturated rings. The second kappa shape index (κ2) is 8.92. The molecule has 0 aliphatic carbocycles. The van der Waals surface area contributed by atoms with Crippen LogP contribution in [0.2, 0.25) is 0 Å². The van der Waals surface area contributed by atoms with Crippen molar-refractivity contribution < 1.29 is 9.53 Å². The van der Waals surface area contributed by atoms with Gasteiger partial charge in [-0.3, -0.25) is 4.79 Å². The van der Waals surface area contributed by atoms with Crippen LogP contribution in [-0.4, -0.2) is 29.7 Å². The number of guanidine groups is 1. The summed E-state index contributed by atoms with van der Waals surface area (Å²) < 4.78 is 5.22. The Morgan fingerprint density at radius 1 is 1.10 bits per heavy atom. The lowest BCUT2D eigenvalue weighted by molar-refractivity contribution is 0.102. The highest BCUT2D eigenvalue weighted by Crippen LogP contribution is 2.22. The van der Waals surface area contributed by atoms with Crippen LogP contribution in [0.4, 0.5) is 5.69 Å². The molecule has 8 heteroatoms. The van der Waals surface area contributed by atoms with Crippen molar-refractivity contribution in [2.75, 3.05) is 12.4 Å². The lowest BCUT2D eigenvalue weighted by Gasteiger charge is -2.07. The van der Waals surface area contributed by atoms with Gasteiger partial charge in [0.15, 0.2) is 0 Å². The predicted molar refractivity (Wildman–Crippen MR) is 117 cm³/mol. The van der Waals surface area contributed by atoms with Crippen molar-refractivity contribution >= 4 is 34.2 Å². The zero-order valence-corrected chi connectivity index (χ0v) is 16.4. The van der Waals surface area contributed by atoms with Crippen molar-refractivity contribution in [3.05, 3.63) is 59.8 Å². The Labute approximate surface area is 168 Å². The lowest BCUT2D eigenvalue weighted by Crippen LogP contribution is -2.22. The second-order valence-electron chi connectivity index (χ2n) is 6.49. The fourth-order valence-corrected chi connectivity index (χ4v) is 2.91. The van der Waals surface area contributed by atoms with Gasteiger partial charge in [0.05, 0.1) is 12.8 Å². The number of rotatable bonds is 7. The van der Waals surface area contributed by atoms with Crippen LogP contribution in [0.15, 0.2) is 58.7 Å². The molecule has 0 radical (unpaired) electrons. The van der Waals surface area contributed by atoms with Gasteiger partial charge in [-0.2, -0.15) is 5.10 Å². The first-order chi connectivity index (χ1) is 14.0. The van der Waals surface area contributed by atoms with Crippen molar-refractivity contribution in [2.45, 2.75) is 19.8 Å². The maximum atomic E-state index is 12.6. The number of H-pyrrole nitrogens is 1. The van der Waals surface area contributed by atoms with Crippen molar-refractivity contribution in [3.8, 4) is 5.75 Å². The minimum atomic E-state index is -0.226. The van der Waals surface area contributed by atoms with E-state index in [1.807, 2.05) is 42.5 Å². The van der Waals surface area contributed by atoms with Crippen LogP contribution in [0.1, 0.15) is 35.8 Å². The summed E-state index contributed by atoms with van der Waals surface area (Å²) in [5.41, 5.74) is 14.4. The maximum absolute atomic E-state index is 12.6. The Balaban J connectivity index is 1.75. The number of aromatic amines is 1. The molecule has 3 rings (SSSR count). The molecule has 3 aromatic rings. The molecule has 6 N–H and O–H groups in total. The van der Waals surface area contributed by atoms with E-state index in [9.17, 15) is 4.79 Å². The number of benzene rings is 2. The van der Waals surface area contributed by atoms with Crippen molar-refractivity contribution in [1.82, 2.24) is 4.98 Å². The molecule has 150 valence electrons. The molecule has 0 atom stereocenters. The summed E-state index contributed by atoms with van der Waals surface area (Å²) in [4.78, 5) is 15.7. The number of methoxy groups -OCH3 is 1. The number of nitrogens with one attached hydrogen (secondary N) is 2. The Morgan fingerprint density at radius 2 is 1.86 bits per heavy atom. The van der Waals surface area contributed by atoms with E-state index in [-0.39, 0.29) is 11.9 Å². The molecule has 0 unspecified atom stereocenters. The van der Waals surface area contributed by atoms with Crippen LogP contribution < -0.4 is 21.5 Å². The molecule has 0 bridgehead atoms. The third-order valence-corrected chi connectivity index (χ3v) is 4.32. The molecule has 1 heterocycles. The standard InChI is InChI=1S/C21H24N6O2/c1-3-4-18(26-27-21(22)23)13-5-7-15(8-6-13)24-20(28)19-12-14-11-16(29-2)9-10-17(14)25-19/h5-12,25H,3-4H2,1-2H3,(H,24,28)(H4,22,23,27). The van der Waals surface area contributed by atoms with Gasteiger partial charge in [-0.25, -0.2) is 0 Å². The molecule has 0 aliphatic heterocycles. The smallest absolute Gasteiger partial charge is 0.272 e. The zero-order valence-electron chi connectivity index (χ0n) is 16.4. The summed E-state index contributed by atoms with van der Waals surface area (Å²) in [7, 11) is 1.61. The van der Waals surface area contributed by atoms with Crippen molar-refractivity contribution in [2.24, 2.45) is 21.7 Å². The number of anilines is 1. The summed E-state index contributed by atoms with van der Waals surface area (Å²) in [5, 5.41) is 11.6. The number of carbonyl (C=O) groups is 1. The van der Waals surface area contributed by atoms with Gasteiger partial charge in [0.25, 0.3) is 5.91 Å². The van der Waals surface area contributed by atoms with Gasteiger partial charge in [0.1, 0.15) is 11.4 Å². The van der Waals surface area contributed by atoms with Gasteiger partial charge in [-0.15, -0.1) is 5.10 Å². The Hall–Kier alpha value is -3.81. The monoisotopic (exact) mass is 392 g/mol. The molecule has 1 aromatic heterocycles. The van der Waals surface area contributed by atoms with E-state index in [4.69, 9.17) is 16.2 Å². The van der Waals surface area contributed by atoms with E-state index >= 15 is 0 Å². The van der Waals surface area contributed by atoms with Crippen LogP contribution in [0.25, 0.3) is 10.9 Å². The molecule has 0 aliphatic rings. The Bertz CT molecular complexity index is 1060. The number of nitrogens with zero attached hydrogens (tertiary/aromatic N) is 2. The van der Waals surface area contributed by atoms with E-state index < -0.39 is 0 Å². The first-order valence-corrected chi connectivity index (χ1v) is 9.24. The van der Waals surface area contributed by atoms with Gasteiger partial charge >= 0.3 is 0 Å². The van der Waals surface area contributed by atoms with Crippen LogP contribution in [0.5, 0.6) is 5.75 Å². The number of aromatic nitrogens is 1. The number of hydrogen-bond acceptors (Lipinski definition) is 4. The summed E-state index contributed by atoms with van der Waals surface area (Å²) in [6.45, 7) is 2.05. The largest absolute Gasteiger partial charge is 0.497 e. The summed E-state index contributed by atoms with van der Waals surface area (Å²) in [6, 6.07) is 14.8. The van der Waals surface area contributed by atoms with Gasteiger partial charge in [0.2, 0.25) is 5.96 Å². The van der Waals surface area contributed by atoms with Crippen molar-refractivity contribution in [3.63, 3.8) is 0 Å². The maximum Gasteiger partial charge on any atom is 0.272 e. The molecule has 0 spiro atoms. The number of carbonyl (C=O) groups excluding carboxylic acids is 1. The van der Waals surface area contributed by atoms with Gasteiger partial charge in [0, 0.05) is 16.6 Å². The molecule has 0 saturated heterocycles. The SMILES string of the molecule is CCCC(=NN=C(N)N)c1ccc(NC(=O)c2cc3cc(OC)ccc3[nH]2)cc1. The van der Waals surface area contributed by atoms with Gasteiger partial charge in [-0.05, 0) is 48.4 Å². The van der Waals surface area contributed by atoms with E-state index in [1.54, 1.807) is 13.2 Å². The summed E-state index contributed by atoms with van der Waals surface area (Å²) >= 11 is 0. The van der Waals surface area contributed by atoms with E-state index in [1.165, 1.54) is 0 Å². The first-order valence-electron chi connectivity index (χ1n) is 9.24. The molecule has 2 aromatic carbocycles. The Kier molecular flexibility index (Phi) is 6.13. The predicted octanol–water partition coefficient (Wildman–Crippen LogP) is 3.21. The van der Waals surface area contributed by atoms with Crippen LogP contribution in [-0.2, 0) is 0 Å². The quantitative estimate of drug-likeness (QED) is 0.279. The molecular weight excluding hydrogens is 368 g/mol. The second-order valence-corrected chi connectivity index (χ2v) is 6.49. The highest BCUT2D eigenvalue weighted by atomic mass is 16.5. The number of hydrogen-bond donors (Lipinski definition) is 4. The number of fused-ring (bicyclic) bond motifs is 1. The lowest BCUT2D eigenvalue weighted by atomic mass is 10.1. The van der Waals surface area contributed by atoms with Crippen LogP contribution in [0, 0.1) is 0 Å². The third kappa shape index (κ3) is 4.92. The van der Waals surface area contributed by atoms with Crippen molar-refractivity contribution in [1.29, 1.82) is 0 Å². The molecular formula is C21H24N6O2. The normalized spacial score (nSPS) is 11.3. The topological polar surface area (TPSA) is 131 Å². The highest BCUT2D eigenvalue weighted by molar-refractivity contribution is 6.06. The number of ether oxygens (including phenoxy) is 1. The molecule has 29 heavy (non-hydrogen) atoms. The average molecular weight is 392 g/mol. The van der Waals surface area contributed by atoms with Crippen LogP contribution in [0.3, 0.4) is 0 Å². The third-order valence-electron chi connectivity index (χ3n) is 4.32. The van der Waals surface area contributed by atoms with Gasteiger partial charge in [-0.1, -0.05) is 25.5 Å². The molecule has 0 saturated carbocycles. The fraction of sp³-hybridized carbons (Fsp3) is 0.190. The first kappa shape index (κ1) is 19.9. The Morgan fingerprint density at radius 3 is 2.52 bits per heavy atom. The summed E-state index contributed by atoms with van der Waals surface area (Å²) in [5.74, 6) is 0.429. The van der Waals surface area contributed by atoms with Crippen LogP contribution >= 0.6 is 0 Å². The average Bonchev–Trinajstić information content (AvgIpc) is 3.15. The van der Waals surface area contributed by atoms with E-state index in [2.05, 4.69) is 27.4 Å².